The van der Waals surface area contributed by atoms with Gasteiger partial charge in [-0.3, -0.25) is 0 Å². The average Bonchev–Trinajstić information content (AvgIpc) is 2.91. The highest BCUT2D eigenvalue weighted by Gasteiger charge is 2.20. The van der Waals surface area contributed by atoms with Crippen LogP contribution in [0.4, 0.5) is 4.79 Å². The molecule has 2 unspecified atom stereocenters. The number of benzene rings is 1. The van der Waals surface area contributed by atoms with Crippen LogP contribution in [-0.4, -0.2) is 44.3 Å². The van der Waals surface area contributed by atoms with E-state index in [1.165, 1.54) is 0 Å². The van der Waals surface area contributed by atoms with E-state index >= 15 is 0 Å². The molecule has 3 N–H and O–H groups in total. The smallest absolute Gasteiger partial charge is 0.407 e. The van der Waals surface area contributed by atoms with E-state index in [0.717, 1.165) is 17.1 Å². The molecule has 2 rings (SSSR count). The van der Waals surface area contributed by atoms with Crippen molar-refractivity contribution in [1.82, 2.24) is 15.1 Å². The standard InChI is InChI=1S/C20H29N3O4/c1-13-11-14(2)23(22-13)16-8-6-7-15(12-16)18(25)17(24)9-10-21-19(26)27-20(3,4)5/h6-8,11-12,17-18,24-25H,9-10H2,1-5H3,(H,21,26). The van der Waals surface area contributed by atoms with Crippen molar-refractivity contribution in [2.24, 2.45) is 0 Å². The summed E-state index contributed by atoms with van der Waals surface area (Å²) in [4.78, 5) is 11.6. The first-order valence-corrected chi connectivity index (χ1v) is 9.03. The maximum atomic E-state index is 11.6. The molecule has 0 aliphatic carbocycles. The Labute approximate surface area is 160 Å². The van der Waals surface area contributed by atoms with E-state index in [4.69, 9.17) is 4.74 Å². The molecule has 1 aromatic carbocycles. The highest BCUT2D eigenvalue weighted by Crippen LogP contribution is 2.22. The SMILES string of the molecule is Cc1cc(C)n(-c2cccc(C(O)C(O)CCNC(=O)OC(C)(C)C)c2)n1. The Balaban J connectivity index is 1.97. The number of amides is 1. The van der Waals surface area contributed by atoms with Gasteiger partial charge in [0, 0.05) is 12.2 Å². The Hall–Kier alpha value is -2.38. The van der Waals surface area contributed by atoms with Crippen LogP contribution in [0.25, 0.3) is 5.69 Å². The Morgan fingerprint density at radius 3 is 2.56 bits per heavy atom. The van der Waals surface area contributed by atoms with Crippen molar-refractivity contribution < 1.29 is 19.7 Å². The minimum atomic E-state index is -1.07. The molecule has 0 bridgehead atoms. The number of ether oxygens (including phenoxy) is 1. The first-order chi connectivity index (χ1) is 12.6. The molecular weight excluding hydrogens is 346 g/mol. The van der Waals surface area contributed by atoms with Gasteiger partial charge >= 0.3 is 6.09 Å². The lowest BCUT2D eigenvalue weighted by molar-refractivity contribution is 0.0123. The van der Waals surface area contributed by atoms with Crippen LogP contribution in [0.2, 0.25) is 0 Å². The second-order valence-corrected chi connectivity index (χ2v) is 7.66. The summed E-state index contributed by atoms with van der Waals surface area (Å²) in [7, 11) is 0. The van der Waals surface area contributed by atoms with Crippen molar-refractivity contribution in [3.63, 3.8) is 0 Å². The van der Waals surface area contributed by atoms with Crippen molar-refractivity contribution in [2.45, 2.75) is 58.8 Å². The molecule has 1 amide bonds. The second kappa shape index (κ2) is 8.54. The van der Waals surface area contributed by atoms with E-state index in [9.17, 15) is 15.0 Å². The number of carbonyl (C=O) groups is 1. The number of nitrogens with zero attached hydrogens (tertiary/aromatic N) is 2. The van der Waals surface area contributed by atoms with Gasteiger partial charge in [0.25, 0.3) is 0 Å². The highest BCUT2D eigenvalue weighted by atomic mass is 16.6. The quantitative estimate of drug-likeness (QED) is 0.721. The largest absolute Gasteiger partial charge is 0.444 e. The van der Waals surface area contributed by atoms with Crippen LogP contribution in [-0.2, 0) is 4.74 Å². The van der Waals surface area contributed by atoms with Crippen molar-refractivity contribution in [3.05, 3.63) is 47.3 Å². The molecule has 0 saturated heterocycles. The van der Waals surface area contributed by atoms with Crippen LogP contribution in [0, 0.1) is 13.8 Å². The lowest BCUT2D eigenvalue weighted by atomic mass is 10.0. The predicted octanol–water partition coefficient (Wildman–Crippen LogP) is 2.80. The van der Waals surface area contributed by atoms with Crippen LogP contribution >= 0.6 is 0 Å². The van der Waals surface area contributed by atoms with Gasteiger partial charge in [-0.1, -0.05) is 12.1 Å². The molecule has 0 radical (unpaired) electrons. The molecule has 2 atom stereocenters. The lowest BCUT2D eigenvalue weighted by Gasteiger charge is -2.21. The molecule has 0 saturated carbocycles. The first kappa shape index (κ1) is 20.9. The summed E-state index contributed by atoms with van der Waals surface area (Å²) in [6.07, 6.45) is -2.43. The molecule has 148 valence electrons. The number of alkyl carbamates (subject to hydrolysis) is 1. The minimum absolute atomic E-state index is 0.199. The molecule has 27 heavy (non-hydrogen) atoms. The lowest BCUT2D eigenvalue weighted by Crippen LogP contribution is -2.34. The molecule has 0 fully saturated rings. The average molecular weight is 375 g/mol. The predicted molar refractivity (Wildman–Crippen MR) is 103 cm³/mol. The van der Waals surface area contributed by atoms with E-state index in [1.807, 2.05) is 32.0 Å². The van der Waals surface area contributed by atoms with Gasteiger partial charge in [0.05, 0.1) is 17.5 Å². The number of carbonyl (C=O) groups excluding carboxylic acids is 1. The van der Waals surface area contributed by atoms with Crippen LogP contribution in [0.3, 0.4) is 0 Å². The fraction of sp³-hybridized carbons (Fsp3) is 0.500. The second-order valence-electron chi connectivity index (χ2n) is 7.66. The summed E-state index contributed by atoms with van der Waals surface area (Å²) < 4.78 is 6.93. The number of aliphatic hydroxyl groups is 2. The number of aliphatic hydroxyl groups excluding tert-OH is 2. The van der Waals surface area contributed by atoms with Gasteiger partial charge < -0.3 is 20.3 Å². The summed E-state index contributed by atoms with van der Waals surface area (Å²) >= 11 is 0. The zero-order valence-electron chi connectivity index (χ0n) is 16.6. The molecule has 0 aliphatic heterocycles. The van der Waals surface area contributed by atoms with Gasteiger partial charge in [-0.15, -0.1) is 0 Å². The zero-order valence-corrected chi connectivity index (χ0v) is 16.6. The van der Waals surface area contributed by atoms with Gasteiger partial charge in [0.1, 0.15) is 11.7 Å². The van der Waals surface area contributed by atoms with Gasteiger partial charge in [0.15, 0.2) is 0 Å². The Morgan fingerprint density at radius 1 is 1.26 bits per heavy atom. The molecule has 1 heterocycles. The normalized spacial score (nSPS) is 13.9. The van der Waals surface area contributed by atoms with Gasteiger partial charge in [-0.25, -0.2) is 9.48 Å². The Morgan fingerprint density at radius 2 is 1.96 bits per heavy atom. The van der Waals surface area contributed by atoms with Crippen LogP contribution in [0.1, 0.15) is 50.2 Å². The maximum absolute atomic E-state index is 11.6. The fourth-order valence-corrected chi connectivity index (χ4v) is 2.75. The number of nitrogens with one attached hydrogen (secondary N) is 1. The van der Waals surface area contributed by atoms with Gasteiger partial charge in [-0.05, 0) is 64.8 Å². The third-order valence-electron chi connectivity index (χ3n) is 3.94. The number of hydrogen-bond acceptors (Lipinski definition) is 5. The third kappa shape index (κ3) is 6.08. The zero-order chi connectivity index (χ0) is 20.2. The monoisotopic (exact) mass is 375 g/mol. The van der Waals surface area contributed by atoms with E-state index in [0.29, 0.717) is 5.56 Å². The van der Waals surface area contributed by atoms with E-state index < -0.39 is 23.9 Å². The Kier molecular flexibility index (Phi) is 6.62. The summed E-state index contributed by atoms with van der Waals surface area (Å²) in [5.74, 6) is 0. The Bertz CT molecular complexity index is 780. The van der Waals surface area contributed by atoms with E-state index in [2.05, 4.69) is 10.4 Å². The highest BCUT2D eigenvalue weighted by molar-refractivity contribution is 5.67. The summed E-state index contributed by atoms with van der Waals surface area (Å²) in [6.45, 7) is 9.41. The summed E-state index contributed by atoms with van der Waals surface area (Å²) in [5, 5.41) is 27.7. The molecular formula is C20H29N3O4. The van der Waals surface area contributed by atoms with Crippen LogP contribution in [0.15, 0.2) is 30.3 Å². The molecule has 7 heteroatoms. The topological polar surface area (TPSA) is 96.6 Å². The summed E-state index contributed by atoms with van der Waals surface area (Å²) in [5.41, 5.74) is 2.72. The number of aryl methyl sites for hydroxylation is 2. The number of aromatic nitrogens is 2. The summed E-state index contributed by atoms with van der Waals surface area (Å²) in [6, 6.07) is 9.24. The third-order valence-corrected chi connectivity index (χ3v) is 3.94. The number of hydrogen-bond donors (Lipinski definition) is 3. The van der Waals surface area contributed by atoms with E-state index in [1.54, 1.807) is 37.6 Å². The fourth-order valence-electron chi connectivity index (χ4n) is 2.75. The molecule has 7 nitrogen and oxygen atoms in total. The van der Waals surface area contributed by atoms with Crippen molar-refractivity contribution >= 4 is 6.09 Å². The van der Waals surface area contributed by atoms with Crippen molar-refractivity contribution in [3.8, 4) is 5.69 Å². The molecule has 0 spiro atoms. The van der Waals surface area contributed by atoms with Crippen LogP contribution in [0.5, 0.6) is 0 Å². The molecule has 1 aromatic heterocycles. The van der Waals surface area contributed by atoms with Crippen LogP contribution < -0.4 is 5.32 Å². The van der Waals surface area contributed by atoms with Crippen molar-refractivity contribution in [2.75, 3.05) is 6.54 Å². The maximum Gasteiger partial charge on any atom is 0.407 e. The number of rotatable bonds is 6. The molecule has 0 aliphatic rings. The minimum Gasteiger partial charge on any atom is -0.444 e. The first-order valence-electron chi connectivity index (χ1n) is 9.03. The van der Waals surface area contributed by atoms with Gasteiger partial charge in [0.2, 0.25) is 0 Å². The van der Waals surface area contributed by atoms with Gasteiger partial charge in [-0.2, -0.15) is 5.10 Å². The van der Waals surface area contributed by atoms with E-state index in [-0.39, 0.29) is 13.0 Å². The van der Waals surface area contributed by atoms with Crippen molar-refractivity contribution in [1.29, 1.82) is 0 Å². The molecule has 2 aromatic rings.